The highest BCUT2D eigenvalue weighted by Crippen LogP contribution is 2.14. The number of nitrogens with zero attached hydrogens (tertiary/aromatic N) is 2. The van der Waals surface area contributed by atoms with Crippen LogP contribution in [0.1, 0.15) is 32.4 Å². The summed E-state index contributed by atoms with van der Waals surface area (Å²) in [6.45, 7) is 4.67. The van der Waals surface area contributed by atoms with Gasteiger partial charge in [-0.3, -0.25) is 9.78 Å². The van der Waals surface area contributed by atoms with Crippen LogP contribution in [0.15, 0.2) is 42.7 Å². The van der Waals surface area contributed by atoms with Crippen molar-refractivity contribution in [2.24, 2.45) is 5.92 Å². The second kappa shape index (κ2) is 8.12. The molecule has 0 saturated heterocycles. The summed E-state index contributed by atoms with van der Waals surface area (Å²) < 4.78 is 0. The molecule has 0 saturated carbocycles. The van der Waals surface area contributed by atoms with Crippen LogP contribution < -0.4 is 10.6 Å². The Labute approximate surface area is 131 Å². The molecule has 5 nitrogen and oxygen atoms in total. The van der Waals surface area contributed by atoms with Crippen molar-refractivity contribution in [2.75, 3.05) is 10.6 Å². The van der Waals surface area contributed by atoms with Crippen LogP contribution in [0, 0.1) is 5.92 Å². The Morgan fingerprint density at radius 2 is 1.95 bits per heavy atom. The van der Waals surface area contributed by atoms with E-state index in [-0.39, 0.29) is 11.8 Å². The van der Waals surface area contributed by atoms with E-state index < -0.39 is 0 Å². The first kappa shape index (κ1) is 15.9. The number of anilines is 2. The summed E-state index contributed by atoms with van der Waals surface area (Å²) in [5.41, 5.74) is 1.68. The van der Waals surface area contributed by atoms with E-state index >= 15 is 0 Å². The maximum absolute atomic E-state index is 12.0. The Morgan fingerprint density at radius 3 is 2.55 bits per heavy atom. The molecule has 0 unspecified atom stereocenters. The number of hydrogen-bond donors (Lipinski definition) is 2. The highest BCUT2D eigenvalue weighted by atomic mass is 16.1. The largest absolute Gasteiger partial charge is 0.364 e. The summed E-state index contributed by atoms with van der Waals surface area (Å²) in [6, 6.07) is 9.50. The third kappa shape index (κ3) is 4.55. The molecule has 116 valence electrons. The average Bonchev–Trinajstić information content (AvgIpc) is 2.56. The van der Waals surface area contributed by atoms with E-state index in [2.05, 4.69) is 20.6 Å². The van der Waals surface area contributed by atoms with Gasteiger partial charge in [-0.1, -0.05) is 19.9 Å². The fourth-order valence-electron chi connectivity index (χ4n) is 2.16. The van der Waals surface area contributed by atoms with Crippen molar-refractivity contribution < 1.29 is 4.79 Å². The zero-order valence-corrected chi connectivity index (χ0v) is 13.0. The van der Waals surface area contributed by atoms with Crippen LogP contribution in [0.3, 0.4) is 0 Å². The molecule has 0 radical (unpaired) electrons. The first-order valence-electron chi connectivity index (χ1n) is 7.63. The van der Waals surface area contributed by atoms with Crippen LogP contribution in [0.5, 0.6) is 0 Å². The van der Waals surface area contributed by atoms with Crippen LogP contribution >= 0.6 is 0 Å². The molecule has 0 spiro atoms. The predicted octanol–water partition coefficient (Wildman–Crippen LogP) is 3.46. The minimum Gasteiger partial charge on any atom is -0.364 e. The van der Waals surface area contributed by atoms with E-state index in [0.717, 1.165) is 30.0 Å². The number of nitrogens with one attached hydrogen (secondary N) is 2. The summed E-state index contributed by atoms with van der Waals surface area (Å²) >= 11 is 0. The first-order chi connectivity index (χ1) is 10.7. The van der Waals surface area contributed by atoms with Gasteiger partial charge in [0.25, 0.3) is 0 Å². The minimum atomic E-state index is 0.0565. The summed E-state index contributed by atoms with van der Waals surface area (Å²) in [5.74, 6) is 0.870. The van der Waals surface area contributed by atoms with Gasteiger partial charge in [0.1, 0.15) is 5.82 Å². The Kier molecular flexibility index (Phi) is 5.89. The van der Waals surface area contributed by atoms with Crippen LogP contribution in [0.4, 0.5) is 11.5 Å². The van der Waals surface area contributed by atoms with Crippen molar-refractivity contribution >= 4 is 17.4 Å². The van der Waals surface area contributed by atoms with Gasteiger partial charge in [0.05, 0.1) is 24.1 Å². The van der Waals surface area contributed by atoms with Crippen molar-refractivity contribution in [3.63, 3.8) is 0 Å². The van der Waals surface area contributed by atoms with Crippen LogP contribution in [-0.2, 0) is 11.3 Å². The lowest BCUT2D eigenvalue weighted by Gasteiger charge is -2.13. The monoisotopic (exact) mass is 298 g/mol. The summed E-state index contributed by atoms with van der Waals surface area (Å²) in [7, 11) is 0. The van der Waals surface area contributed by atoms with Crippen molar-refractivity contribution in [1.29, 1.82) is 0 Å². The van der Waals surface area contributed by atoms with E-state index in [4.69, 9.17) is 0 Å². The number of carbonyl (C=O) groups excluding carboxylic acids is 1. The number of amides is 1. The van der Waals surface area contributed by atoms with Gasteiger partial charge in [0.2, 0.25) is 5.91 Å². The Hall–Kier alpha value is -2.43. The third-order valence-corrected chi connectivity index (χ3v) is 3.56. The lowest BCUT2D eigenvalue weighted by molar-refractivity contribution is -0.120. The molecule has 0 fully saturated rings. The normalized spacial score (nSPS) is 10.5. The molecule has 2 rings (SSSR count). The van der Waals surface area contributed by atoms with Crippen LogP contribution in [0.2, 0.25) is 0 Å². The molecule has 0 aromatic carbocycles. The van der Waals surface area contributed by atoms with Gasteiger partial charge in [-0.05, 0) is 37.1 Å². The molecule has 2 heterocycles. The topological polar surface area (TPSA) is 66.9 Å². The molecule has 0 aliphatic heterocycles. The van der Waals surface area contributed by atoms with Crippen LogP contribution in [-0.4, -0.2) is 15.9 Å². The Morgan fingerprint density at radius 1 is 1.14 bits per heavy atom. The number of aromatic nitrogens is 2. The van der Waals surface area contributed by atoms with Gasteiger partial charge in [0.15, 0.2) is 0 Å². The molecular weight excluding hydrogens is 276 g/mol. The zero-order chi connectivity index (χ0) is 15.8. The molecule has 5 heteroatoms. The highest BCUT2D eigenvalue weighted by molar-refractivity contribution is 5.92. The fraction of sp³-hybridized carbons (Fsp3) is 0.353. The number of rotatable bonds is 7. The summed E-state index contributed by atoms with van der Waals surface area (Å²) in [5, 5.41) is 6.10. The predicted molar refractivity (Wildman–Crippen MR) is 88.5 cm³/mol. The molecule has 22 heavy (non-hydrogen) atoms. The van der Waals surface area contributed by atoms with Gasteiger partial charge in [-0.15, -0.1) is 0 Å². The van der Waals surface area contributed by atoms with Crippen molar-refractivity contribution in [3.05, 3.63) is 48.4 Å². The van der Waals surface area contributed by atoms with E-state index in [1.165, 1.54) is 0 Å². The Balaban J connectivity index is 1.89. The quantitative estimate of drug-likeness (QED) is 0.821. The van der Waals surface area contributed by atoms with Gasteiger partial charge in [-0.2, -0.15) is 0 Å². The van der Waals surface area contributed by atoms with Gasteiger partial charge in [0, 0.05) is 12.1 Å². The maximum Gasteiger partial charge on any atom is 0.227 e. The van der Waals surface area contributed by atoms with E-state index in [1.54, 1.807) is 12.4 Å². The second-order valence-electron chi connectivity index (χ2n) is 5.11. The molecule has 0 bridgehead atoms. The van der Waals surface area contributed by atoms with Gasteiger partial charge < -0.3 is 10.6 Å². The molecular formula is C17H22N4O. The molecule has 2 N–H and O–H groups in total. The van der Waals surface area contributed by atoms with Crippen molar-refractivity contribution in [2.45, 2.75) is 33.2 Å². The first-order valence-corrected chi connectivity index (χ1v) is 7.63. The average molecular weight is 298 g/mol. The molecule has 2 aromatic heterocycles. The standard InChI is InChI=1S/C17H22N4O/c1-3-13(4-2)17(22)21-15-8-9-16(20-12-15)19-11-14-7-5-6-10-18-14/h5-10,12-13H,3-4,11H2,1-2H3,(H,19,20)(H,21,22). The van der Waals surface area contributed by atoms with E-state index in [1.807, 2.05) is 44.2 Å². The lowest BCUT2D eigenvalue weighted by Crippen LogP contribution is -2.21. The summed E-state index contributed by atoms with van der Waals surface area (Å²) in [4.78, 5) is 20.6. The van der Waals surface area contributed by atoms with Gasteiger partial charge in [-0.25, -0.2) is 4.98 Å². The molecule has 0 aliphatic rings. The zero-order valence-electron chi connectivity index (χ0n) is 13.0. The van der Waals surface area contributed by atoms with Crippen molar-refractivity contribution in [1.82, 2.24) is 9.97 Å². The molecule has 2 aromatic rings. The van der Waals surface area contributed by atoms with Crippen molar-refractivity contribution in [3.8, 4) is 0 Å². The molecule has 0 atom stereocenters. The van der Waals surface area contributed by atoms with Gasteiger partial charge >= 0.3 is 0 Å². The van der Waals surface area contributed by atoms with Crippen LogP contribution in [0.25, 0.3) is 0 Å². The summed E-state index contributed by atoms with van der Waals surface area (Å²) in [6.07, 6.45) is 5.13. The lowest BCUT2D eigenvalue weighted by atomic mass is 10.0. The van der Waals surface area contributed by atoms with E-state index in [9.17, 15) is 4.79 Å². The smallest absolute Gasteiger partial charge is 0.227 e. The third-order valence-electron chi connectivity index (χ3n) is 3.56. The highest BCUT2D eigenvalue weighted by Gasteiger charge is 2.13. The second-order valence-corrected chi connectivity index (χ2v) is 5.11. The maximum atomic E-state index is 12.0. The number of hydrogen-bond acceptors (Lipinski definition) is 4. The number of pyridine rings is 2. The fourth-order valence-corrected chi connectivity index (χ4v) is 2.16. The Bertz CT molecular complexity index is 579. The minimum absolute atomic E-state index is 0.0565. The number of carbonyl (C=O) groups is 1. The van der Waals surface area contributed by atoms with E-state index in [0.29, 0.717) is 6.54 Å². The molecule has 1 amide bonds. The molecule has 0 aliphatic carbocycles. The SMILES string of the molecule is CCC(CC)C(=O)Nc1ccc(NCc2ccccn2)nc1.